The van der Waals surface area contributed by atoms with E-state index >= 15 is 0 Å². The Kier molecular flexibility index (Phi) is 3.96. The Morgan fingerprint density at radius 1 is 1.75 bits per heavy atom. The summed E-state index contributed by atoms with van der Waals surface area (Å²) in [5, 5.41) is 2.82. The highest BCUT2D eigenvalue weighted by Crippen LogP contribution is 2.14. The molecule has 0 aliphatic heterocycles. The molecular formula is C9H18N2O. The van der Waals surface area contributed by atoms with Gasteiger partial charge in [0, 0.05) is 5.54 Å². The van der Waals surface area contributed by atoms with Gasteiger partial charge in [0.2, 0.25) is 5.91 Å². The molecule has 3 nitrogen and oxygen atoms in total. The molecule has 3 heteroatoms. The summed E-state index contributed by atoms with van der Waals surface area (Å²) in [6, 6.07) is 0. The normalized spacial score (nSPS) is 13.7. The second kappa shape index (κ2) is 4.26. The van der Waals surface area contributed by atoms with E-state index in [1.54, 1.807) is 0 Å². The summed E-state index contributed by atoms with van der Waals surface area (Å²) in [6.45, 7) is 9.85. The highest BCUT2D eigenvalue weighted by Gasteiger charge is 2.25. The van der Waals surface area contributed by atoms with Crippen molar-refractivity contribution < 1.29 is 4.79 Å². The quantitative estimate of drug-likeness (QED) is 0.609. The van der Waals surface area contributed by atoms with Gasteiger partial charge in [-0.2, -0.15) is 0 Å². The van der Waals surface area contributed by atoms with E-state index < -0.39 is 0 Å². The molecule has 0 aromatic carbocycles. The van der Waals surface area contributed by atoms with Crippen LogP contribution in [0.2, 0.25) is 0 Å². The van der Waals surface area contributed by atoms with E-state index in [2.05, 4.69) is 11.9 Å². The lowest BCUT2D eigenvalue weighted by molar-refractivity contribution is -0.118. The van der Waals surface area contributed by atoms with Crippen LogP contribution in [0.5, 0.6) is 0 Å². The maximum absolute atomic E-state index is 11.0. The van der Waals surface area contributed by atoms with Gasteiger partial charge in [-0.05, 0) is 32.4 Å². The topological polar surface area (TPSA) is 55.1 Å². The van der Waals surface area contributed by atoms with Crippen LogP contribution in [-0.2, 0) is 4.79 Å². The van der Waals surface area contributed by atoms with Crippen LogP contribution < -0.4 is 11.1 Å². The summed E-state index contributed by atoms with van der Waals surface area (Å²) in [5.41, 5.74) is 5.23. The van der Waals surface area contributed by atoms with Crippen LogP contribution in [0.3, 0.4) is 0 Å². The third-order valence-corrected chi connectivity index (χ3v) is 2.22. The van der Waals surface area contributed by atoms with Gasteiger partial charge in [-0.3, -0.25) is 4.79 Å². The molecule has 1 unspecified atom stereocenters. The van der Waals surface area contributed by atoms with Gasteiger partial charge in [0.25, 0.3) is 0 Å². The van der Waals surface area contributed by atoms with E-state index in [0.29, 0.717) is 6.54 Å². The molecule has 1 atom stereocenters. The van der Waals surface area contributed by atoms with Crippen molar-refractivity contribution in [2.24, 2.45) is 11.7 Å². The number of hydrogen-bond donors (Lipinski definition) is 2. The first kappa shape index (κ1) is 11.2. The zero-order valence-electron chi connectivity index (χ0n) is 8.05. The van der Waals surface area contributed by atoms with Gasteiger partial charge >= 0.3 is 0 Å². The Labute approximate surface area is 74.0 Å². The third kappa shape index (κ3) is 3.05. The van der Waals surface area contributed by atoms with Crippen molar-refractivity contribution in [1.29, 1.82) is 0 Å². The van der Waals surface area contributed by atoms with Crippen LogP contribution >= 0.6 is 0 Å². The number of rotatable bonds is 4. The Hall–Kier alpha value is -0.830. The van der Waals surface area contributed by atoms with Gasteiger partial charge in [0.1, 0.15) is 0 Å². The highest BCUT2D eigenvalue weighted by molar-refractivity contribution is 5.87. The molecule has 12 heavy (non-hydrogen) atoms. The molecule has 0 bridgehead atoms. The predicted octanol–water partition coefficient (Wildman–Crippen LogP) is 0.662. The van der Waals surface area contributed by atoms with Gasteiger partial charge in [0.05, 0.1) is 0 Å². The van der Waals surface area contributed by atoms with Crippen molar-refractivity contribution in [3.8, 4) is 0 Å². The van der Waals surface area contributed by atoms with E-state index in [4.69, 9.17) is 5.73 Å². The average molecular weight is 170 g/mol. The fourth-order valence-corrected chi connectivity index (χ4v) is 0.786. The Morgan fingerprint density at radius 3 is 2.58 bits per heavy atom. The zero-order chi connectivity index (χ0) is 9.78. The molecule has 0 saturated carbocycles. The largest absolute Gasteiger partial charge is 0.347 e. The van der Waals surface area contributed by atoms with Gasteiger partial charge < -0.3 is 11.1 Å². The summed E-state index contributed by atoms with van der Waals surface area (Å²) >= 11 is 0. The first-order valence-corrected chi connectivity index (χ1v) is 4.08. The average Bonchev–Trinajstić information content (AvgIpc) is 2.02. The van der Waals surface area contributed by atoms with E-state index in [-0.39, 0.29) is 17.4 Å². The van der Waals surface area contributed by atoms with Crippen molar-refractivity contribution in [1.82, 2.24) is 5.32 Å². The van der Waals surface area contributed by atoms with Crippen molar-refractivity contribution in [3.05, 3.63) is 12.7 Å². The Balaban J connectivity index is 4.20. The fourth-order valence-electron chi connectivity index (χ4n) is 0.786. The molecule has 0 heterocycles. The number of nitrogens with one attached hydrogen (secondary N) is 1. The zero-order valence-corrected chi connectivity index (χ0v) is 8.05. The van der Waals surface area contributed by atoms with Crippen molar-refractivity contribution >= 4 is 5.91 Å². The van der Waals surface area contributed by atoms with E-state index in [0.717, 1.165) is 0 Å². The summed E-state index contributed by atoms with van der Waals surface area (Å²) in [6.07, 6.45) is 1.27. The van der Waals surface area contributed by atoms with Crippen LogP contribution in [0.1, 0.15) is 20.8 Å². The summed E-state index contributed by atoms with van der Waals surface area (Å²) < 4.78 is 0. The van der Waals surface area contributed by atoms with Crippen molar-refractivity contribution in [3.63, 3.8) is 0 Å². The summed E-state index contributed by atoms with van der Waals surface area (Å²) in [4.78, 5) is 11.0. The maximum atomic E-state index is 11.0. The minimum Gasteiger partial charge on any atom is -0.347 e. The second-order valence-electron chi connectivity index (χ2n) is 3.55. The first-order valence-electron chi connectivity index (χ1n) is 4.08. The number of nitrogens with two attached hydrogens (primary N) is 1. The fraction of sp³-hybridized carbons (Fsp3) is 0.667. The lowest BCUT2D eigenvalue weighted by atomic mass is 9.89. The number of carbonyl (C=O) groups is 1. The van der Waals surface area contributed by atoms with Crippen LogP contribution in [0.25, 0.3) is 0 Å². The molecule has 0 radical (unpaired) electrons. The molecule has 0 aliphatic carbocycles. The summed E-state index contributed by atoms with van der Waals surface area (Å²) in [5.74, 6) is 0.0988. The molecular weight excluding hydrogens is 152 g/mol. The standard InChI is InChI=1S/C9H18N2O/c1-5-8(12)11-9(3,4)7(2)6-10/h5,7H,1,6,10H2,2-4H3,(H,11,12). The molecule has 3 N–H and O–H groups in total. The molecule has 0 aliphatic rings. The van der Waals surface area contributed by atoms with Gasteiger partial charge in [0.15, 0.2) is 0 Å². The Bertz CT molecular complexity index is 175. The molecule has 0 spiro atoms. The monoisotopic (exact) mass is 170 g/mol. The number of carbonyl (C=O) groups excluding carboxylic acids is 1. The molecule has 0 fully saturated rings. The highest BCUT2D eigenvalue weighted by atomic mass is 16.1. The molecule has 1 amide bonds. The van der Waals surface area contributed by atoms with Gasteiger partial charge in [-0.15, -0.1) is 0 Å². The van der Waals surface area contributed by atoms with E-state index in [1.807, 2.05) is 20.8 Å². The van der Waals surface area contributed by atoms with Crippen LogP contribution in [0, 0.1) is 5.92 Å². The van der Waals surface area contributed by atoms with Gasteiger partial charge in [-0.25, -0.2) is 0 Å². The summed E-state index contributed by atoms with van der Waals surface area (Å²) in [7, 11) is 0. The van der Waals surface area contributed by atoms with Crippen molar-refractivity contribution in [2.75, 3.05) is 6.54 Å². The molecule has 0 aromatic rings. The lowest BCUT2D eigenvalue weighted by Gasteiger charge is -2.31. The molecule has 70 valence electrons. The number of hydrogen-bond acceptors (Lipinski definition) is 2. The first-order chi connectivity index (χ1) is 5.44. The SMILES string of the molecule is C=CC(=O)NC(C)(C)C(C)CN. The molecule has 0 saturated heterocycles. The number of amides is 1. The van der Waals surface area contributed by atoms with Crippen LogP contribution in [0.15, 0.2) is 12.7 Å². The van der Waals surface area contributed by atoms with E-state index in [9.17, 15) is 4.79 Å². The molecule has 0 rings (SSSR count). The van der Waals surface area contributed by atoms with Crippen LogP contribution in [0.4, 0.5) is 0 Å². The minimum atomic E-state index is -0.264. The smallest absolute Gasteiger partial charge is 0.243 e. The minimum absolute atomic E-state index is 0.152. The third-order valence-electron chi connectivity index (χ3n) is 2.22. The predicted molar refractivity (Wildman–Crippen MR) is 50.6 cm³/mol. The molecule has 0 aromatic heterocycles. The van der Waals surface area contributed by atoms with Crippen molar-refractivity contribution in [2.45, 2.75) is 26.3 Å². The Morgan fingerprint density at radius 2 is 2.25 bits per heavy atom. The van der Waals surface area contributed by atoms with E-state index in [1.165, 1.54) is 6.08 Å². The maximum Gasteiger partial charge on any atom is 0.243 e. The lowest BCUT2D eigenvalue weighted by Crippen LogP contribution is -2.49. The second-order valence-corrected chi connectivity index (χ2v) is 3.55. The van der Waals surface area contributed by atoms with Gasteiger partial charge in [-0.1, -0.05) is 13.5 Å². The van der Waals surface area contributed by atoms with Crippen LogP contribution in [-0.4, -0.2) is 18.0 Å².